The molecule has 0 aliphatic carbocycles. The Morgan fingerprint density at radius 2 is 1.80 bits per heavy atom. The molecule has 3 N–H and O–H groups in total. The number of phenolic OH excluding ortho intramolecular Hbond substituents is 3. The molecule has 0 radical (unpaired) electrons. The van der Waals surface area contributed by atoms with E-state index >= 15 is 0 Å². The molecule has 0 atom stereocenters. The minimum absolute atomic E-state index is 0.0141. The Morgan fingerprint density at radius 3 is 2.40 bits per heavy atom. The first-order valence-corrected chi connectivity index (χ1v) is 6.30. The van der Waals surface area contributed by atoms with Crippen molar-refractivity contribution in [1.82, 2.24) is 4.90 Å². The van der Waals surface area contributed by atoms with Crippen molar-refractivity contribution in [2.75, 3.05) is 39.5 Å². The molecule has 1 saturated heterocycles. The highest BCUT2D eigenvalue weighted by Gasteiger charge is 2.15. The maximum atomic E-state index is 11.7. The summed E-state index contributed by atoms with van der Waals surface area (Å²) in [6, 6.07) is 2.10. The zero-order chi connectivity index (χ0) is 14.5. The second kappa shape index (κ2) is 6.44. The zero-order valence-corrected chi connectivity index (χ0v) is 10.9. The fraction of sp³-hybridized carbons (Fsp3) is 0.462. The predicted molar refractivity (Wildman–Crippen MR) is 69.0 cm³/mol. The summed E-state index contributed by atoms with van der Waals surface area (Å²) in [4.78, 5) is 13.8. The molecule has 0 aromatic heterocycles. The van der Waals surface area contributed by atoms with Crippen molar-refractivity contribution in [3.63, 3.8) is 0 Å². The largest absolute Gasteiger partial charge is 0.504 e. The number of carbonyl (C=O) groups excluding carboxylic acids is 1. The number of hydrogen-bond acceptors (Lipinski definition) is 7. The van der Waals surface area contributed by atoms with Crippen LogP contribution in [-0.4, -0.2) is 65.6 Å². The molecule has 1 aromatic carbocycles. The van der Waals surface area contributed by atoms with E-state index in [0.717, 1.165) is 25.2 Å². The van der Waals surface area contributed by atoms with Gasteiger partial charge in [0, 0.05) is 19.6 Å². The zero-order valence-electron chi connectivity index (χ0n) is 10.9. The van der Waals surface area contributed by atoms with Crippen LogP contribution in [0.1, 0.15) is 10.4 Å². The van der Waals surface area contributed by atoms with Gasteiger partial charge in [-0.2, -0.15) is 0 Å². The number of hydrogen-bond donors (Lipinski definition) is 3. The summed E-state index contributed by atoms with van der Waals surface area (Å²) in [7, 11) is 0. The van der Waals surface area contributed by atoms with E-state index in [1.165, 1.54) is 0 Å². The maximum Gasteiger partial charge on any atom is 0.338 e. The normalized spacial score (nSPS) is 16.0. The van der Waals surface area contributed by atoms with Crippen molar-refractivity contribution >= 4 is 5.97 Å². The molecule has 110 valence electrons. The van der Waals surface area contributed by atoms with Gasteiger partial charge in [0.15, 0.2) is 17.2 Å². The van der Waals surface area contributed by atoms with E-state index in [2.05, 4.69) is 4.90 Å². The molecular formula is C13H17NO6. The Labute approximate surface area is 116 Å². The summed E-state index contributed by atoms with van der Waals surface area (Å²) < 4.78 is 10.3. The highest BCUT2D eigenvalue weighted by Crippen LogP contribution is 2.35. The Morgan fingerprint density at radius 1 is 1.20 bits per heavy atom. The van der Waals surface area contributed by atoms with Crippen molar-refractivity contribution in [2.24, 2.45) is 0 Å². The predicted octanol–water partition coefficient (Wildman–Crippen LogP) is 0.292. The number of nitrogens with zero attached hydrogens (tertiary/aromatic N) is 1. The van der Waals surface area contributed by atoms with Gasteiger partial charge in [-0.3, -0.25) is 4.90 Å². The van der Waals surface area contributed by atoms with E-state index in [1.807, 2.05) is 0 Å². The van der Waals surface area contributed by atoms with Crippen LogP contribution in [0.15, 0.2) is 12.1 Å². The smallest absolute Gasteiger partial charge is 0.338 e. The summed E-state index contributed by atoms with van der Waals surface area (Å²) in [5.74, 6) is -2.45. The van der Waals surface area contributed by atoms with Crippen LogP contribution in [0, 0.1) is 0 Å². The Hall–Kier alpha value is -1.99. The number of aromatic hydroxyl groups is 3. The molecule has 1 aromatic rings. The fourth-order valence-electron chi connectivity index (χ4n) is 1.90. The third-order valence-corrected chi connectivity index (χ3v) is 3.05. The molecule has 1 fully saturated rings. The van der Waals surface area contributed by atoms with Gasteiger partial charge < -0.3 is 24.8 Å². The van der Waals surface area contributed by atoms with Gasteiger partial charge in [-0.15, -0.1) is 0 Å². The van der Waals surface area contributed by atoms with Crippen LogP contribution in [0.5, 0.6) is 17.2 Å². The van der Waals surface area contributed by atoms with Crippen molar-refractivity contribution < 1.29 is 29.6 Å². The van der Waals surface area contributed by atoms with Gasteiger partial charge >= 0.3 is 5.97 Å². The molecule has 20 heavy (non-hydrogen) atoms. The molecule has 1 aliphatic rings. The minimum Gasteiger partial charge on any atom is -0.504 e. The van der Waals surface area contributed by atoms with E-state index in [9.17, 15) is 20.1 Å². The van der Waals surface area contributed by atoms with Crippen LogP contribution in [0.3, 0.4) is 0 Å². The lowest BCUT2D eigenvalue weighted by molar-refractivity contribution is 0.0195. The van der Waals surface area contributed by atoms with Crippen LogP contribution < -0.4 is 0 Å². The number of morpholine rings is 1. The van der Waals surface area contributed by atoms with Crippen LogP contribution in [0.25, 0.3) is 0 Å². The number of ether oxygens (including phenoxy) is 2. The second-order valence-corrected chi connectivity index (χ2v) is 4.45. The van der Waals surface area contributed by atoms with Gasteiger partial charge in [-0.1, -0.05) is 0 Å². The second-order valence-electron chi connectivity index (χ2n) is 4.45. The fourth-order valence-corrected chi connectivity index (χ4v) is 1.90. The van der Waals surface area contributed by atoms with Gasteiger partial charge in [0.25, 0.3) is 0 Å². The topological polar surface area (TPSA) is 99.5 Å². The van der Waals surface area contributed by atoms with Crippen molar-refractivity contribution in [3.8, 4) is 17.2 Å². The van der Waals surface area contributed by atoms with E-state index in [4.69, 9.17) is 9.47 Å². The molecule has 1 aliphatic heterocycles. The molecule has 0 amide bonds. The third kappa shape index (κ3) is 3.52. The van der Waals surface area contributed by atoms with Crippen LogP contribution in [0.4, 0.5) is 0 Å². The molecule has 2 rings (SSSR count). The molecule has 7 nitrogen and oxygen atoms in total. The third-order valence-electron chi connectivity index (χ3n) is 3.05. The lowest BCUT2D eigenvalue weighted by Crippen LogP contribution is -2.38. The highest BCUT2D eigenvalue weighted by atomic mass is 16.5. The molecule has 0 unspecified atom stereocenters. The van der Waals surface area contributed by atoms with Crippen LogP contribution in [0.2, 0.25) is 0 Å². The number of carbonyl (C=O) groups is 1. The number of rotatable bonds is 4. The van der Waals surface area contributed by atoms with E-state index in [1.54, 1.807) is 0 Å². The van der Waals surface area contributed by atoms with Crippen LogP contribution >= 0.6 is 0 Å². The van der Waals surface area contributed by atoms with E-state index in [-0.39, 0.29) is 12.2 Å². The number of esters is 1. The lowest BCUT2D eigenvalue weighted by Gasteiger charge is -2.26. The van der Waals surface area contributed by atoms with Crippen LogP contribution in [-0.2, 0) is 9.47 Å². The van der Waals surface area contributed by atoms with Gasteiger partial charge in [0.2, 0.25) is 0 Å². The van der Waals surface area contributed by atoms with Crippen molar-refractivity contribution in [2.45, 2.75) is 0 Å². The molecule has 0 saturated carbocycles. The monoisotopic (exact) mass is 283 g/mol. The number of benzene rings is 1. The highest BCUT2D eigenvalue weighted by molar-refractivity contribution is 5.91. The quantitative estimate of drug-likeness (QED) is 0.539. The summed E-state index contributed by atoms with van der Waals surface area (Å²) in [6.45, 7) is 3.77. The Balaban J connectivity index is 1.85. The standard InChI is InChI=1S/C13H17NO6/c15-10-7-9(8-11(16)12(10)17)13(18)20-6-3-14-1-4-19-5-2-14/h7-8,15-17H,1-6H2. The summed E-state index contributed by atoms with van der Waals surface area (Å²) in [5, 5.41) is 27.8. The first-order chi connectivity index (χ1) is 9.58. The Bertz CT molecular complexity index is 461. The average Bonchev–Trinajstić information content (AvgIpc) is 2.45. The maximum absolute atomic E-state index is 11.7. The van der Waals surface area contributed by atoms with Crippen molar-refractivity contribution in [3.05, 3.63) is 17.7 Å². The van der Waals surface area contributed by atoms with E-state index in [0.29, 0.717) is 19.8 Å². The summed E-state index contributed by atoms with van der Waals surface area (Å²) >= 11 is 0. The van der Waals surface area contributed by atoms with Gasteiger partial charge in [0.1, 0.15) is 6.61 Å². The number of phenols is 3. The van der Waals surface area contributed by atoms with Gasteiger partial charge in [0.05, 0.1) is 18.8 Å². The first kappa shape index (κ1) is 14.4. The molecule has 1 heterocycles. The summed E-state index contributed by atoms with van der Waals surface area (Å²) in [5.41, 5.74) is -0.0141. The summed E-state index contributed by atoms with van der Waals surface area (Å²) in [6.07, 6.45) is 0. The van der Waals surface area contributed by atoms with Gasteiger partial charge in [-0.05, 0) is 12.1 Å². The molecular weight excluding hydrogens is 266 g/mol. The van der Waals surface area contributed by atoms with Crippen molar-refractivity contribution in [1.29, 1.82) is 0 Å². The Kier molecular flexibility index (Phi) is 4.65. The van der Waals surface area contributed by atoms with E-state index < -0.39 is 23.2 Å². The first-order valence-electron chi connectivity index (χ1n) is 6.30. The van der Waals surface area contributed by atoms with Gasteiger partial charge in [-0.25, -0.2) is 4.79 Å². The molecule has 7 heteroatoms. The minimum atomic E-state index is -0.663. The average molecular weight is 283 g/mol. The lowest BCUT2D eigenvalue weighted by atomic mass is 10.2. The molecule has 0 bridgehead atoms. The SMILES string of the molecule is O=C(OCCN1CCOCC1)c1cc(O)c(O)c(O)c1. The molecule has 0 spiro atoms.